The lowest BCUT2D eigenvalue weighted by atomic mass is 9.97. The van der Waals surface area contributed by atoms with Crippen LogP contribution >= 0.6 is 0 Å². The zero-order valence-electron chi connectivity index (χ0n) is 27.3. The van der Waals surface area contributed by atoms with Gasteiger partial charge in [-0.25, -0.2) is 0 Å². The van der Waals surface area contributed by atoms with Crippen molar-refractivity contribution in [2.24, 2.45) is 14.1 Å². The third kappa shape index (κ3) is 4.28. The molecular weight excluding hydrogens is 628 g/mol. The molecule has 2 aliphatic rings. The summed E-state index contributed by atoms with van der Waals surface area (Å²) in [5.41, 5.74) is -0.199. The third-order valence-corrected chi connectivity index (χ3v) is 9.45. The average molecular weight is 661 g/mol. The minimum atomic E-state index is -1.08. The second kappa shape index (κ2) is 9.96. The molecule has 0 saturated carbocycles. The topological polar surface area (TPSA) is 153 Å². The summed E-state index contributed by atoms with van der Waals surface area (Å²) in [5.74, 6) is 0.196. The molecule has 248 valence electrons. The first-order valence-corrected chi connectivity index (χ1v) is 15.6. The highest BCUT2D eigenvalue weighted by atomic mass is 16.6. The Morgan fingerprint density at radius 2 is 1.41 bits per heavy atom. The third-order valence-electron chi connectivity index (χ3n) is 9.45. The number of phenolic OH excluding ortho intramolecular Hbond substituents is 4. The van der Waals surface area contributed by atoms with Crippen LogP contribution in [-0.4, -0.2) is 47.4 Å². The van der Waals surface area contributed by atoms with E-state index in [0.717, 1.165) is 6.07 Å². The predicted octanol–water partition coefficient (Wildman–Crippen LogP) is 5.95. The van der Waals surface area contributed by atoms with Gasteiger partial charge in [0.05, 0.1) is 43.6 Å². The van der Waals surface area contributed by atoms with Crippen LogP contribution in [0.2, 0.25) is 0 Å². The number of ether oxygens (including phenoxy) is 3. The zero-order valence-corrected chi connectivity index (χ0v) is 27.3. The summed E-state index contributed by atoms with van der Waals surface area (Å²) < 4.78 is 22.3. The molecule has 0 aliphatic carbocycles. The smallest absolute Gasteiger partial charge is 0.201 e. The number of benzene rings is 4. The number of aromatic nitrogens is 2. The van der Waals surface area contributed by atoms with Gasteiger partial charge in [-0.2, -0.15) is 0 Å². The van der Waals surface area contributed by atoms with Gasteiger partial charge < -0.3 is 43.8 Å². The van der Waals surface area contributed by atoms with Gasteiger partial charge >= 0.3 is 0 Å². The first kappa shape index (κ1) is 30.2. The maximum atomic E-state index is 13.8. The molecule has 4 heterocycles. The maximum Gasteiger partial charge on any atom is 0.201 e. The van der Waals surface area contributed by atoms with E-state index < -0.39 is 22.4 Å². The fraction of sp³-hybridized carbons (Fsp3) is 0.211. The highest BCUT2D eigenvalue weighted by molar-refractivity contribution is 6.05. The number of hydrogen-bond acceptors (Lipinski definition) is 9. The van der Waals surface area contributed by atoms with Gasteiger partial charge in [0.25, 0.3) is 0 Å². The molecule has 1 unspecified atom stereocenters. The zero-order chi connectivity index (χ0) is 34.7. The van der Waals surface area contributed by atoms with Crippen molar-refractivity contribution in [1.29, 1.82) is 0 Å². The first-order valence-electron chi connectivity index (χ1n) is 15.6. The van der Waals surface area contributed by atoms with Crippen molar-refractivity contribution < 1.29 is 34.6 Å². The summed E-state index contributed by atoms with van der Waals surface area (Å²) in [7, 11) is 3.43. The number of para-hydroxylation sites is 1. The molecule has 0 fully saturated rings. The molecule has 0 radical (unpaired) electrons. The van der Waals surface area contributed by atoms with Gasteiger partial charge in [0.15, 0.2) is 17.1 Å². The lowest BCUT2D eigenvalue weighted by Gasteiger charge is -2.34. The highest BCUT2D eigenvalue weighted by Crippen LogP contribution is 2.45. The van der Waals surface area contributed by atoms with Crippen LogP contribution in [0.1, 0.15) is 31.9 Å². The van der Waals surface area contributed by atoms with E-state index in [-0.39, 0.29) is 62.0 Å². The molecule has 2 aromatic heterocycles. The van der Waals surface area contributed by atoms with Crippen LogP contribution in [0.3, 0.4) is 0 Å². The predicted molar refractivity (Wildman–Crippen MR) is 187 cm³/mol. The SMILES string of the molecule is Cn1c2c(O)cccc2c(=O)c2c(O)cc(O)c(C=CC3(C)COc4c(ccc5c(=O)c6c(O)cc7c(c6n(C)c45)C=CC(C)(C)O7)O3)c21. The van der Waals surface area contributed by atoms with Gasteiger partial charge in [0.1, 0.15) is 41.0 Å². The van der Waals surface area contributed by atoms with Crippen LogP contribution < -0.4 is 25.1 Å². The van der Waals surface area contributed by atoms with Crippen molar-refractivity contribution in [2.45, 2.75) is 32.0 Å². The monoisotopic (exact) mass is 660 g/mol. The van der Waals surface area contributed by atoms with Crippen molar-refractivity contribution in [1.82, 2.24) is 9.13 Å². The van der Waals surface area contributed by atoms with Gasteiger partial charge in [0, 0.05) is 37.4 Å². The Hall–Kier alpha value is -6.10. The molecule has 8 rings (SSSR count). The van der Waals surface area contributed by atoms with Crippen molar-refractivity contribution in [3.63, 3.8) is 0 Å². The van der Waals surface area contributed by atoms with Gasteiger partial charge in [-0.15, -0.1) is 0 Å². The van der Waals surface area contributed by atoms with Crippen LogP contribution in [0.15, 0.2) is 64.2 Å². The van der Waals surface area contributed by atoms with Crippen molar-refractivity contribution in [2.75, 3.05) is 6.61 Å². The van der Waals surface area contributed by atoms with Crippen molar-refractivity contribution in [3.8, 4) is 40.2 Å². The molecule has 0 saturated heterocycles. The number of hydrogen-bond donors (Lipinski definition) is 4. The molecule has 0 bridgehead atoms. The Kier molecular flexibility index (Phi) is 6.15. The minimum Gasteiger partial charge on any atom is -0.507 e. The molecule has 0 amide bonds. The number of aryl methyl sites for hydroxylation is 2. The number of nitrogens with zero attached hydrogens (tertiary/aromatic N) is 2. The van der Waals surface area contributed by atoms with Gasteiger partial charge in [-0.3, -0.25) is 9.59 Å². The highest BCUT2D eigenvalue weighted by Gasteiger charge is 2.34. The second-order valence-corrected chi connectivity index (χ2v) is 13.4. The Bertz CT molecular complexity index is 2660. The largest absolute Gasteiger partial charge is 0.507 e. The Morgan fingerprint density at radius 1 is 0.735 bits per heavy atom. The van der Waals surface area contributed by atoms with Crippen molar-refractivity contribution >= 4 is 55.8 Å². The summed E-state index contributed by atoms with van der Waals surface area (Å²) in [6, 6.07) is 10.4. The lowest BCUT2D eigenvalue weighted by Crippen LogP contribution is -2.40. The van der Waals surface area contributed by atoms with Crippen LogP contribution in [0.5, 0.6) is 40.2 Å². The molecule has 4 aromatic carbocycles. The van der Waals surface area contributed by atoms with E-state index in [4.69, 9.17) is 14.2 Å². The summed E-state index contributed by atoms with van der Waals surface area (Å²) in [6.07, 6.45) is 7.06. The first-order chi connectivity index (χ1) is 23.2. The summed E-state index contributed by atoms with van der Waals surface area (Å²) in [4.78, 5) is 27.3. The fourth-order valence-corrected chi connectivity index (χ4v) is 7.15. The van der Waals surface area contributed by atoms with Gasteiger partial charge in [0.2, 0.25) is 10.9 Å². The number of rotatable bonds is 2. The fourth-order valence-electron chi connectivity index (χ4n) is 7.15. The van der Waals surface area contributed by atoms with Crippen LogP contribution in [0.25, 0.3) is 55.8 Å². The maximum absolute atomic E-state index is 13.8. The molecule has 4 N–H and O–H groups in total. The number of fused-ring (bicyclic) bond motifs is 8. The molecule has 49 heavy (non-hydrogen) atoms. The summed E-state index contributed by atoms with van der Waals surface area (Å²) in [5, 5.41) is 44.0. The van der Waals surface area contributed by atoms with E-state index in [9.17, 15) is 30.0 Å². The molecule has 2 aliphatic heterocycles. The standard InChI is InChI=1S/C38H32N2O9/c1-37(2)13-11-19-27(48-37)16-25(44)29-32(19)40(5)33-21(35(29)46)9-10-26-36(33)47-17-38(3,49-26)14-12-18-23(42)15-24(43)28-31(18)39(4)30-20(34(28)45)7-6-8-22(30)41/h6-16,41-44H,17H2,1-5H3. The Morgan fingerprint density at radius 3 is 2.16 bits per heavy atom. The summed E-state index contributed by atoms with van der Waals surface area (Å²) >= 11 is 0. The van der Waals surface area contributed by atoms with Gasteiger partial charge in [-0.05, 0) is 69.3 Å². The van der Waals surface area contributed by atoms with Crippen LogP contribution in [0, 0.1) is 0 Å². The van der Waals surface area contributed by atoms with Gasteiger partial charge in [-0.1, -0.05) is 6.07 Å². The van der Waals surface area contributed by atoms with E-state index in [1.165, 1.54) is 12.1 Å². The van der Waals surface area contributed by atoms with E-state index in [1.54, 1.807) is 66.6 Å². The minimum absolute atomic E-state index is 0.00833. The quantitative estimate of drug-likeness (QED) is 0.165. The van der Waals surface area contributed by atoms with Crippen LogP contribution in [-0.2, 0) is 14.1 Å². The van der Waals surface area contributed by atoms with Crippen molar-refractivity contribution in [3.05, 3.63) is 86.2 Å². The van der Waals surface area contributed by atoms with E-state index in [0.29, 0.717) is 39.2 Å². The average Bonchev–Trinajstić information content (AvgIpc) is 3.03. The second-order valence-electron chi connectivity index (χ2n) is 13.4. The summed E-state index contributed by atoms with van der Waals surface area (Å²) in [6.45, 7) is 5.60. The molecule has 11 heteroatoms. The number of aromatic hydroxyl groups is 4. The number of pyridine rings is 2. The van der Waals surface area contributed by atoms with E-state index in [1.807, 2.05) is 26.0 Å². The normalized spacial score (nSPS) is 18.1. The molecule has 1 atom stereocenters. The van der Waals surface area contributed by atoms with E-state index in [2.05, 4.69) is 0 Å². The Balaban J connectivity index is 1.27. The van der Waals surface area contributed by atoms with E-state index >= 15 is 0 Å². The molecule has 11 nitrogen and oxygen atoms in total. The van der Waals surface area contributed by atoms with Crippen LogP contribution in [0.4, 0.5) is 0 Å². The molecule has 6 aromatic rings. The lowest BCUT2D eigenvalue weighted by molar-refractivity contribution is 0.0461. The number of phenols is 4. The molecular formula is C38H32N2O9. The Labute approximate surface area is 278 Å². The molecule has 0 spiro atoms.